The molecule has 5 aromatic carbocycles. The van der Waals surface area contributed by atoms with Gasteiger partial charge in [-0.1, -0.05) is 30.3 Å². The fourth-order valence-electron chi connectivity index (χ4n) is 17.7. The van der Waals surface area contributed by atoms with Crippen LogP contribution in [0.25, 0.3) is 110 Å². The lowest BCUT2D eigenvalue weighted by atomic mass is 10.1. The van der Waals surface area contributed by atoms with Gasteiger partial charge in [-0.05, 0) is 186 Å². The Morgan fingerprint density at radius 3 is 1.03 bits per heavy atom. The fraction of sp³-hybridized carbons (Fsp3) is 0.300. The van der Waals surface area contributed by atoms with Crippen LogP contribution >= 0.6 is 0 Å². The van der Waals surface area contributed by atoms with Crippen LogP contribution in [0.15, 0.2) is 214 Å². The Hall–Kier alpha value is -16.5. The summed E-state index contributed by atoms with van der Waals surface area (Å²) in [5.41, 5.74) is 15.0. The van der Waals surface area contributed by atoms with Crippen molar-refractivity contribution in [3.63, 3.8) is 0 Å². The van der Waals surface area contributed by atoms with E-state index in [9.17, 15) is 40.9 Å². The molecular formula is C100H99N35O11. The number of fused-ring (bicyclic) bond motifs is 10. The number of nitrogens with zero attached hydrogens (tertiary/aromatic N) is 23. The summed E-state index contributed by atoms with van der Waals surface area (Å²) in [7, 11) is 0. The largest absolute Gasteiger partial charge is 0.394 e. The number of aliphatic hydroxyl groups is 8. The Bertz CT molecular complexity index is 8180. The summed E-state index contributed by atoms with van der Waals surface area (Å²) in [5.74, 6) is 5.59. The Labute approximate surface area is 827 Å². The van der Waals surface area contributed by atoms with E-state index in [4.69, 9.17) is 19.2 Å². The zero-order valence-corrected chi connectivity index (χ0v) is 77.9. The maximum absolute atomic E-state index is 10.5. The lowest BCUT2D eigenvalue weighted by molar-refractivity contribution is -0.0511. The van der Waals surface area contributed by atoms with Crippen molar-refractivity contribution in [1.29, 1.82) is 0 Å². The van der Waals surface area contributed by atoms with E-state index >= 15 is 0 Å². The van der Waals surface area contributed by atoms with Crippen molar-refractivity contribution in [3.05, 3.63) is 214 Å². The maximum atomic E-state index is 10.5. The van der Waals surface area contributed by atoms with Gasteiger partial charge in [-0.25, -0.2) is 24.9 Å². The third-order valence-electron chi connectivity index (χ3n) is 26.1. The summed E-state index contributed by atoms with van der Waals surface area (Å²) in [5, 5.41) is 118. The molecular weight excluding hydrogens is 1870 g/mol. The predicted molar refractivity (Wildman–Crippen MR) is 545 cm³/mol. The van der Waals surface area contributed by atoms with Crippen LogP contribution in [-0.4, -0.2) is 263 Å². The number of hydrogen-bond donors (Lipinski definition) is 20. The molecule has 20 aromatic rings. The van der Waals surface area contributed by atoms with Crippen molar-refractivity contribution in [3.8, 4) is 0 Å². The molecule has 18 heterocycles. The molecule has 146 heavy (non-hydrogen) atoms. The second kappa shape index (κ2) is 39.6. The highest BCUT2D eigenvalue weighted by atomic mass is 16.6. The lowest BCUT2D eigenvalue weighted by Crippen LogP contribution is -2.33. The van der Waals surface area contributed by atoms with E-state index in [1.165, 1.54) is 38.3 Å². The van der Waals surface area contributed by atoms with Crippen molar-refractivity contribution in [1.82, 2.24) is 123 Å². The minimum absolute atomic E-state index is 0.239. The van der Waals surface area contributed by atoms with Gasteiger partial charge in [-0.2, -0.15) is 49.8 Å². The summed E-state index contributed by atoms with van der Waals surface area (Å²) in [6.45, 7) is -1.06. The Morgan fingerprint density at radius 1 is 0.315 bits per heavy atom. The molecule has 20 N–H and O–H groups in total. The number of hydrogen-bond acceptors (Lipinski definition) is 41. The van der Waals surface area contributed by atoms with Crippen LogP contribution in [0.5, 0.6) is 0 Å². The number of aliphatic hydroxyl groups excluding tert-OH is 8. The van der Waals surface area contributed by atoms with Crippen LogP contribution in [-0.2, 0) is 14.2 Å². The molecule has 3 aliphatic heterocycles. The average molecular weight is 1970 g/mol. The van der Waals surface area contributed by atoms with Crippen LogP contribution in [0.4, 0.5) is 87.3 Å². The first-order valence-electron chi connectivity index (χ1n) is 48.4. The molecule has 3 saturated heterocycles. The molecule has 15 aromatic heterocycles. The predicted octanol–water partition coefficient (Wildman–Crippen LogP) is 11.4. The van der Waals surface area contributed by atoms with Crippen molar-refractivity contribution < 1.29 is 55.1 Å². The van der Waals surface area contributed by atoms with E-state index in [0.29, 0.717) is 129 Å². The number of benzene rings is 5. The molecule has 46 heteroatoms. The SMILES string of the molecule is OCC1OC(n2cnc3c(NC4CC4)nc(Nc4ccc5ncccc5c4)nc32)C(O)C1O.OCC1OC(n2cnc3c(NC4CC4)nc(Nc4ccc5ncccc5c4)nc32)CC1O.OCC1OC(n2cnc3c(NC4CC4)nc(Nc4cccc5ncccc45)nc32)C(O)C1O.c1cc(Nc2nc(NC3CC3)c3[nH]cnc3n2)c2cccnc2c1.c1cnc2ccc(Nc3nc(NC4CC4)c4[nH]cnc4n3)cc2c1. The average Bonchev–Trinajstić information content (AvgIpc) is 1.61. The van der Waals surface area contributed by atoms with E-state index in [1.54, 1.807) is 63.7 Å². The van der Waals surface area contributed by atoms with Crippen LogP contribution in [0.1, 0.15) is 89.3 Å². The summed E-state index contributed by atoms with van der Waals surface area (Å²) >= 11 is 0. The molecule has 28 rings (SSSR count). The standard InChI is InChI=1S/2C22H23N7O4.C22H23N7O3.2C17H15N7/c30-9-15-17(31)18(32)21(33-15)29-10-24-16-19(25-11-6-7-11)27-22(28-20(16)29)26-14-5-1-4-13-12(14)3-2-8-23-13;30-9-15-17(31)18(32)21(33-15)29-10-24-16-19(25-12-3-4-12)27-22(28-20(16)29)26-13-5-6-14-11(8-13)2-1-7-23-14;30-10-17-16(31)9-18(32-17)29-11-24-19-20(25-13-3-4-13)27-22(28-21(19)29)26-14-5-6-15-12(8-14)2-1-7-23-15;1-4-12-11(3-2-8-18-12)13(5-1)22-17-23-15-14(19-9-20-15)16(24-17)21-10-6-7-10;1-2-10-8-12(5-6-13(10)18-7-1)22-17-23-15-14(19-9-20-15)16(24-17)21-11-3-4-11/h1-5,8,10-11,15,17-18,21,30-32H,6-7,9H2,(H2,25,26,27,28);1-2,5-8,10,12,15,17-18,21,30-32H,3-4,9H2,(H2,25,26,27,28);1-2,5-8,11,13,16-18,30-31H,3-4,9-10H2,(H2,25,26,27,28);1-5,8-10H,6-7H2,(H3,19,20,21,22,23,24);1-2,5-9,11H,3-4H2,(H3,19,20,21,22,23,24). The minimum atomic E-state index is -1.24. The lowest BCUT2D eigenvalue weighted by Gasteiger charge is -2.17. The summed E-state index contributed by atoms with van der Waals surface area (Å²) in [6.07, 6.45) is 17.9. The topological polar surface area (TPSA) is 614 Å². The van der Waals surface area contributed by atoms with E-state index in [1.807, 2.05) is 152 Å². The van der Waals surface area contributed by atoms with Gasteiger partial charge in [0, 0.05) is 112 Å². The van der Waals surface area contributed by atoms with E-state index in [-0.39, 0.29) is 6.61 Å². The number of nitrogens with one attached hydrogen (secondary N) is 12. The monoisotopic (exact) mass is 1970 g/mol. The number of anilines is 15. The smallest absolute Gasteiger partial charge is 0.231 e. The van der Waals surface area contributed by atoms with Crippen LogP contribution in [0.2, 0.25) is 0 Å². The highest BCUT2D eigenvalue weighted by Gasteiger charge is 2.47. The normalized spacial score (nSPS) is 21.1. The number of ether oxygens (including phenoxy) is 3. The highest BCUT2D eigenvalue weighted by Crippen LogP contribution is 2.42. The van der Waals surface area contributed by atoms with Crippen LogP contribution in [0.3, 0.4) is 0 Å². The third kappa shape index (κ3) is 19.7. The first kappa shape index (κ1) is 91.9. The highest BCUT2D eigenvalue weighted by molar-refractivity contribution is 5.96. The van der Waals surface area contributed by atoms with Crippen LogP contribution < -0.4 is 53.2 Å². The van der Waals surface area contributed by atoms with Gasteiger partial charge in [0.25, 0.3) is 0 Å². The number of imidazole rings is 5. The quantitative estimate of drug-likeness (QED) is 0.0239. The van der Waals surface area contributed by atoms with Gasteiger partial charge in [-0.15, -0.1) is 0 Å². The van der Waals surface area contributed by atoms with E-state index < -0.39 is 80.7 Å². The van der Waals surface area contributed by atoms with Crippen molar-refractivity contribution >= 4 is 198 Å². The number of aromatic nitrogens is 25. The molecule has 5 aliphatic carbocycles. The molecule has 0 radical (unpaired) electrons. The summed E-state index contributed by atoms with van der Waals surface area (Å²) in [6, 6.07) is 51.0. The molecule has 0 spiro atoms. The van der Waals surface area contributed by atoms with Gasteiger partial charge in [0.05, 0.1) is 96.5 Å². The first-order valence-corrected chi connectivity index (χ1v) is 48.4. The maximum Gasteiger partial charge on any atom is 0.231 e. The molecule has 5 saturated carbocycles. The van der Waals surface area contributed by atoms with Crippen molar-refractivity contribution in [2.45, 2.75) is 168 Å². The van der Waals surface area contributed by atoms with Gasteiger partial charge in [-0.3, -0.25) is 38.6 Å². The van der Waals surface area contributed by atoms with Crippen molar-refractivity contribution in [2.24, 2.45) is 0 Å². The zero-order valence-electron chi connectivity index (χ0n) is 77.9. The minimum Gasteiger partial charge on any atom is -0.394 e. The van der Waals surface area contributed by atoms with Gasteiger partial charge in [0.15, 0.2) is 86.3 Å². The van der Waals surface area contributed by atoms with Gasteiger partial charge in [0.2, 0.25) is 29.7 Å². The number of rotatable bonds is 26. The Kier molecular flexibility index (Phi) is 25.0. The molecule has 740 valence electrons. The molecule has 46 nitrogen and oxygen atoms in total. The first-order chi connectivity index (χ1) is 71.6. The summed E-state index contributed by atoms with van der Waals surface area (Å²) < 4.78 is 22.1. The Balaban J connectivity index is 0.0000000984. The Morgan fingerprint density at radius 2 is 0.658 bits per heavy atom. The second-order valence-corrected chi connectivity index (χ2v) is 36.9. The van der Waals surface area contributed by atoms with Gasteiger partial charge in [0.1, 0.15) is 60.0 Å². The molecule has 8 aliphatic rings. The molecule has 0 amide bonds. The van der Waals surface area contributed by atoms with Gasteiger partial charge >= 0.3 is 0 Å². The number of pyridine rings is 5. The summed E-state index contributed by atoms with van der Waals surface area (Å²) in [4.78, 5) is 96.2. The van der Waals surface area contributed by atoms with E-state index in [2.05, 4.69) is 158 Å². The van der Waals surface area contributed by atoms with Gasteiger partial charge < -0.3 is 118 Å². The van der Waals surface area contributed by atoms with Crippen molar-refractivity contribution in [2.75, 3.05) is 73.0 Å². The molecule has 8 fully saturated rings. The van der Waals surface area contributed by atoms with Crippen LogP contribution in [0, 0.1) is 0 Å². The fourth-order valence-corrected chi connectivity index (χ4v) is 17.7. The second-order valence-electron chi connectivity index (χ2n) is 36.9. The molecule has 11 unspecified atom stereocenters. The van der Waals surface area contributed by atoms with E-state index in [0.717, 1.165) is 144 Å². The zero-order chi connectivity index (χ0) is 98.6. The molecule has 11 atom stereocenters. The molecule has 0 bridgehead atoms. The number of aromatic amines is 2. The number of H-pyrrole nitrogens is 2. The third-order valence-corrected chi connectivity index (χ3v) is 26.1.